The number of phenolic OH excluding ortho intramolecular Hbond substituents is 1. The molecule has 0 spiro atoms. The minimum Gasteiger partial charge on any atom is -0.507 e. The Balaban J connectivity index is 2.23. The zero-order valence-corrected chi connectivity index (χ0v) is 13.2. The molecule has 124 valence electrons. The van der Waals surface area contributed by atoms with E-state index in [9.17, 15) is 19.8 Å². The van der Waals surface area contributed by atoms with Crippen molar-refractivity contribution >= 4 is 11.8 Å². The van der Waals surface area contributed by atoms with Crippen molar-refractivity contribution in [3.05, 3.63) is 41.0 Å². The van der Waals surface area contributed by atoms with Gasteiger partial charge in [-0.05, 0) is 55.9 Å². The van der Waals surface area contributed by atoms with E-state index in [1.165, 1.54) is 6.08 Å². The van der Waals surface area contributed by atoms with Gasteiger partial charge in [0.15, 0.2) is 5.78 Å². The van der Waals surface area contributed by atoms with E-state index < -0.39 is 12.1 Å². The molecule has 0 fully saturated rings. The standard InChI is InChI=1S/C18H22O5/c1-12-10-13-6-2-3-7-14(19)15(20)8-4-5-9-23-18(22)17(13)16(21)11-12/h4,8,10-11,14,19,21H,2-3,5-7,9H2,1H3/b8-4-. The van der Waals surface area contributed by atoms with Crippen molar-refractivity contribution in [2.24, 2.45) is 0 Å². The van der Waals surface area contributed by atoms with Gasteiger partial charge in [0.1, 0.15) is 17.4 Å². The minimum atomic E-state index is -0.984. The number of aliphatic hydroxyl groups excluding tert-OH is 1. The monoisotopic (exact) mass is 318 g/mol. The first-order valence-electron chi connectivity index (χ1n) is 7.87. The topological polar surface area (TPSA) is 83.8 Å². The lowest BCUT2D eigenvalue weighted by Crippen LogP contribution is -2.18. The molecule has 0 aliphatic carbocycles. The van der Waals surface area contributed by atoms with Gasteiger partial charge >= 0.3 is 5.97 Å². The number of cyclic esters (lactones) is 1. The minimum absolute atomic E-state index is 0.0668. The number of aliphatic hydroxyl groups is 1. The SMILES string of the molecule is Cc1cc(O)c2c(c1)CCCCC(O)C(=O)/C=C\CCOC2=O. The maximum atomic E-state index is 12.2. The van der Waals surface area contributed by atoms with Crippen LogP contribution < -0.4 is 0 Å². The Hall–Kier alpha value is -2.14. The van der Waals surface area contributed by atoms with Crippen LogP contribution in [0.1, 0.15) is 47.2 Å². The zero-order chi connectivity index (χ0) is 16.8. The average Bonchev–Trinajstić information content (AvgIpc) is 2.49. The fourth-order valence-corrected chi connectivity index (χ4v) is 2.67. The predicted octanol–water partition coefficient (Wildman–Crippen LogP) is 2.46. The number of hydrogen-bond donors (Lipinski definition) is 2. The van der Waals surface area contributed by atoms with E-state index in [1.807, 2.05) is 13.0 Å². The molecule has 1 aliphatic rings. The van der Waals surface area contributed by atoms with Crippen LogP contribution in [-0.4, -0.2) is 34.7 Å². The number of benzene rings is 1. The van der Waals surface area contributed by atoms with E-state index in [0.29, 0.717) is 32.1 Å². The first kappa shape index (κ1) is 17.2. The zero-order valence-electron chi connectivity index (χ0n) is 13.2. The van der Waals surface area contributed by atoms with Gasteiger partial charge in [0.25, 0.3) is 0 Å². The second-order valence-corrected chi connectivity index (χ2v) is 5.81. The number of ketones is 1. The quantitative estimate of drug-likeness (QED) is 0.718. The van der Waals surface area contributed by atoms with E-state index in [-0.39, 0.29) is 23.7 Å². The van der Waals surface area contributed by atoms with Gasteiger partial charge in [-0.1, -0.05) is 18.6 Å². The van der Waals surface area contributed by atoms with Gasteiger partial charge in [-0.25, -0.2) is 4.79 Å². The number of aryl methyl sites for hydroxylation is 2. The highest BCUT2D eigenvalue weighted by Crippen LogP contribution is 2.26. The van der Waals surface area contributed by atoms with Crippen molar-refractivity contribution in [1.82, 2.24) is 0 Å². The number of fused-ring (bicyclic) bond motifs is 1. The maximum Gasteiger partial charge on any atom is 0.342 e. The molecular weight excluding hydrogens is 296 g/mol. The van der Waals surface area contributed by atoms with Crippen molar-refractivity contribution in [3.8, 4) is 5.75 Å². The van der Waals surface area contributed by atoms with Gasteiger partial charge < -0.3 is 14.9 Å². The van der Waals surface area contributed by atoms with Gasteiger partial charge in [0.05, 0.1) is 6.61 Å². The Morgan fingerprint density at radius 3 is 2.78 bits per heavy atom. The summed E-state index contributed by atoms with van der Waals surface area (Å²) in [5.74, 6) is -0.931. The molecule has 1 aromatic rings. The summed E-state index contributed by atoms with van der Waals surface area (Å²) in [6.45, 7) is 1.97. The molecule has 0 bridgehead atoms. The molecule has 23 heavy (non-hydrogen) atoms. The predicted molar refractivity (Wildman–Crippen MR) is 85.5 cm³/mol. The number of aromatic hydroxyl groups is 1. The van der Waals surface area contributed by atoms with Crippen LogP contribution in [0, 0.1) is 6.92 Å². The summed E-state index contributed by atoms with van der Waals surface area (Å²) in [5, 5.41) is 19.9. The Morgan fingerprint density at radius 1 is 1.22 bits per heavy atom. The van der Waals surface area contributed by atoms with Crippen LogP contribution in [0.2, 0.25) is 0 Å². The van der Waals surface area contributed by atoms with E-state index in [0.717, 1.165) is 11.1 Å². The Labute approximate surface area is 135 Å². The Bertz CT molecular complexity index is 618. The molecule has 0 aromatic heterocycles. The molecule has 0 radical (unpaired) electrons. The highest BCUT2D eigenvalue weighted by molar-refractivity contribution is 5.94. The molecule has 1 atom stereocenters. The Kier molecular flexibility index (Phi) is 5.93. The number of ether oxygens (including phenoxy) is 1. The molecule has 0 saturated heterocycles. The lowest BCUT2D eigenvalue weighted by Gasteiger charge is -2.13. The Morgan fingerprint density at radius 2 is 2.00 bits per heavy atom. The molecule has 1 aromatic carbocycles. The normalized spacial score (nSPS) is 21.9. The lowest BCUT2D eigenvalue weighted by molar-refractivity contribution is -0.122. The maximum absolute atomic E-state index is 12.2. The molecule has 5 nitrogen and oxygen atoms in total. The van der Waals surface area contributed by atoms with Gasteiger partial charge in [-0.3, -0.25) is 4.79 Å². The number of carbonyl (C=O) groups is 2. The van der Waals surface area contributed by atoms with Crippen LogP contribution in [0.4, 0.5) is 0 Å². The lowest BCUT2D eigenvalue weighted by atomic mass is 9.97. The van der Waals surface area contributed by atoms with Gasteiger partial charge in [0.2, 0.25) is 0 Å². The van der Waals surface area contributed by atoms with Crippen molar-refractivity contribution in [2.75, 3.05) is 6.61 Å². The highest BCUT2D eigenvalue weighted by atomic mass is 16.5. The summed E-state index contributed by atoms with van der Waals surface area (Å²) in [4.78, 5) is 23.9. The molecule has 0 amide bonds. The fourth-order valence-electron chi connectivity index (χ4n) is 2.67. The molecule has 0 saturated carbocycles. The van der Waals surface area contributed by atoms with Crippen LogP contribution in [0.5, 0.6) is 5.75 Å². The van der Waals surface area contributed by atoms with E-state index in [4.69, 9.17) is 4.74 Å². The van der Waals surface area contributed by atoms with Crippen molar-refractivity contribution in [1.29, 1.82) is 0 Å². The van der Waals surface area contributed by atoms with Crippen LogP contribution in [0.25, 0.3) is 0 Å². The van der Waals surface area contributed by atoms with Crippen molar-refractivity contribution in [2.45, 2.75) is 45.1 Å². The third-order valence-corrected chi connectivity index (χ3v) is 3.85. The number of hydrogen-bond acceptors (Lipinski definition) is 5. The highest BCUT2D eigenvalue weighted by Gasteiger charge is 2.19. The number of phenols is 1. The molecule has 2 rings (SSSR count). The first-order valence-corrected chi connectivity index (χ1v) is 7.87. The largest absolute Gasteiger partial charge is 0.507 e. The second kappa shape index (κ2) is 7.92. The van der Waals surface area contributed by atoms with Gasteiger partial charge in [-0.15, -0.1) is 0 Å². The molecule has 2 N–H and O–H groups in total. The molecule has 1 aliphatic heterocycles. The van der Waals surface area contributed by atoms with Crippen LogP contribution in [-0.2, 0) is 16.0 Å². The summed E-state index contributed by atoms with van der Waals surface area (Å²) < 4.78 is 5.17. The van der Waals surface area contributed by atoms with Gasteiger partial charge in [-0.2, -0.15) is 0 Å². The molecule has 1 heterocycles. The smallest absolute Gasteiger partial charge is 0.342 e. The number of carbonyl (C=O) groups excluding carboxylic acids is 2. The summed E-state index contributed by atoms with van der Waals surface area (Å²) in [7, 11) is 0. The van der Waals surface area contributed by atoms with Gasteiger partial charge in [0, 0.05) is 0 Å². The summed E-state index contributed by atoms with van der Waals surface area (Å²) in [5.41, 5.74) is 1.82. The van der Waals surface area contributed by atoms with Crippen molar-refractivity contribution < 1.29 is 24.5 Å². The van der Waals surface area contributed by atoms with E-state index in [1.54, 1.807) is 12.1 Å². The second-order valence-electron chi connectivity index (χ2n) is 5.81. The fraction of sp³-hybridized carbons (Fsp3) is 0.444. The first-order chi connectivity index (χ1) is 11.0. The third kappa shape index (κ3) is 4.66. The summed E-state index contributed by atoms with van der Waals surface area (Å²) in [6.07, 6.45) is 4.64. The van der Waals surface area contributed by atoms with Crippen LogP contribution in [0.3, 0.4) is 0 Å². The molecule has 5 heteroatoms. The molecular formula is C18H22O5. The van der Waals surface area contributed by atoms with Crippen molar-refractivity contribution in [3.63, 3.8) is 0 Å². The number of esters is 1. The number of rotatable bonds is 0. The summed E-state index contributed by atoms with van der Waals surface area (Å²) in [6, 6.07) is 3.41. The van der Waals surface area contributed by atoms with E-state index in [2.05, 4.69) is 0 Å². The third-order valence-electron chi connectivity index (χ3n) is 3.85. The van der Waals surface area contributed by atoms with Crippen LogP contribution >= 0.6 is 0 Å². The van der Waals surface area contributed by atoms with Crippen LogP contribution in [0.15, 0.2) is 24.3 Å². The molecule has 1 unspecified atom stereocenters. The van der Waals surface area contributed by atoms with E-state index >= 15 is 0 Å². The average molecular weight is 318 g/mol. The summed E-state index contributed by atoms with van der Waals surface area (Å²) >= 11 is 0.